The van der Waals surface area contributed by atoms with E-state index in [-0.39, 0.29) is 6.61 Å². The van der Waals surface area contributed by atoms with E-state index in [0.717, 1.165) is 10.6 Å². The smallest absolute Gasteiger partial charge is 0.0771 e. The quantitative estimate of drug-likeness (QED) is 0.672. The van der Waals surface area contributed by atoms with Gasteiger partial charge in [0, 0.05) is 21.9 Å². The summed E-state index contributed by atoms with van der Waals surface area (Å²) in [4.78, 5) is 3.82. The van der Waals surface area contributed by atoms with Crippen LogP contribution >= 0.6 is 23.1 Å². The lowest BCUT2D eigenvalue weighted by Gasteiger charge is -2.03. The first kappa shape index (κ1) is 14.7. The zero-order valence-corrected chi connectivity index (χ0v) is 13.5. The molecule has 0 radical (unpaired) electrons. The van der Waals surface area contributed by atoms with Gasteiger partial charge < -0.3 is 5.11 Å². The van der Waals surface area contributed by atoms with E-state index >= 15 is 0 Å². The molecule has 0 aliphatic heterocycles. The van der Waals surface area contributed by atoms with Crippen LogP contribution in [0, 0.1) is 11.8 Å². The van der Waals surface area contributed by atoms with Crippen molar-refractivity contribution in [2.75, 3.05) is 6.61 Å². The Kier molecular flexibility index (Phi) is 5.03. The third-order valence-corrected chi connectivity index (χ3v) is 5.79. The normalized spacial score (nSPS) is 12.8. The minimum atomic E-state index is 0.138. The third kappa shape index (κ3) is 3.91. The van der Waals surface area contributed by atoms with Crippen LogP contribution in [-0.2, 0) is 18.6 Å². The SMILES string of the molecule is OCCC#Cc1ccc(CSc2ccc3c(c2)CCC3)s1. The van der Waals surface area contributed by atoms with Gasteiger partial charge in [-0.05, 0) is 54.7 Å². The molecule has 0 atom stereocenters. The number of fused-ring (bicyclic) bond motifs is 1. The van der Waals surface area contributed by atoms with E-state index in [4.69, 9.17) is 5.11 Å². The molecule has 1 heterocycles. The first-order chi connectivity index (χ1) is 10.3. The Hall–Kier alpha value is -1.21. The first-order valence-electron chi connectivity index (χ1n) is 7.28. The summed E-state index contributed by atoms with van der Waals surface area (Å²) >= 11 is 3.66. The highest BCUT2D eigenvalue weighted by atomic mass is 32.2. The Morgan fingerprint density at radius 1 is 1.14 bits per heavy atom. The molecule has 0 saturated carbocycles. The van der Waals surface area contributed by atoms with E-state index in [1.807, 2.05) is 11.8 Å². The fourth-order valence-corrected chi connectivity index (χ4v) is 4.41. The minimum Gasteiger partial charge on any atom is -0.395 e. The summed E-state index contributed by atoms with van der Waals surface area (Å²) in [5.41, 5.74) is 3.08. The van der Waals surface area contributed by atoms with Crippen molar-refractivity contribution in [1.82, 2.24) is 0 Å². The number of aryl methyl sites for hydroxylation is 2. The topological polar surface area (TPSA) is 20.2 Å². The number of thioether (sulfide) groups is 1. The molecule has 0 saturated heterocycles. The highest BCUT2D eigenvalue weighted by Gasteiger charge is 2.11. The van der Waals surface area contributed by atoms with Crippen LogP contribution < -0.4 is 0 Å². The molecule has 1 N–H and O–H groups in total. The number of aliphatic hydroxyl groups excluding tert-OH is 1. The predicted octanol–water partition coefficient (Wildman–Crippen LogP) is 4.26. The number of hydrogen-bond donors (Lipinski definition) is 1. The maximum Gasteiger partial charge on any atom is 0.0771 e. The molecule has 1 aliphatic carbocycles. The van der Waals surface area contributed by atoms with E-state index in [1.54, 1.807) is 16.9 Å². The zero-order chi connectivity index (χ0) is 14.5. The van der Waals surface area contributed by atoms with E-state index < -0.39 is 0 Å². The fraction of sp³-hybridized carbons (Fsp3) is 0.333. The van der Waals surface area contributed by atoms with Gasteiger partial charge in [0.25, 0.3) is 0 Å². The van der Waals surface area contributed by atoms with Crippen LogP contribution in [0.25, 0.3) is 0 Å². The van der Waals surface area contributed by atoms with Crippen LogP contribution in [0.15, 0.2) is 35.2 Å². The van der Waals surface area contributed by atoms with Crippen LogP contribution in [0.2, 0.25) is 0 Å². The second-order valence-corrected chi connectivity index (χ2v) is 7.33. The molecular formula is C18H18OS2. The first-order valence-corrected chi connectivity index (χ1v) is 9.08. The predicted molar refractivity (Wildman–Crippen MR) is 90.9 cm³/mol. The lowest BCUT2D eigenvalue weighted by molar-refractivity contribution is 0.305. The summed E-state index contributed by atoms with van der Waals surface area (Å²) in [7, 11) is 0. The Bertz CT molecular complexity index is 676. The van der Waals surface area contributed by atoms with E-state index in [1.165, 1.54) is 34.6 Å². The molecule has 0 fully saturated rings. The van der Waals surface area contributed by atoms with Crippen LogP contribution in [0.3, 0.4) is 0 Å². The second kappa shape index (κ2) is 7.17. The van der Waals surface area contributed by atoms with Crippen LogP contribution in [0.5, 0.6) is 0 Å². The highest BCUT2D eigenvalue weighted by molar-refractivity contribution is 7.98. The summed E-state index contributed by atoms with van der Waals surface area (Å²) in [6, 6.07) is 11.2. The van der Waals surface area contributed by atoms with Gasteiger partial charge in [0.2, 0.25) is 0 Å². The lowest BCUT2D eigenvalue weighted by atomic mass is 10.1. The fourth-order valence-electron chi connectivity index (χ4n) is 2.52. The van der Waals surface area contributed by atoms with Gasteiger partial charge in [-0.3, -0.25) is 0 Å². The molecule has 1 aromatic heterocycles. The molecule has 3 heteroatoms. The van der Waals surface area contributed by atoms with Crippen molar-refractivity contribution in [3.8, 4) is 11.8 Å². The molecule has 0 spiro atoms. The third-order valence-electron chi connectivity index (χ3n) is 3.56. The van der Waals surface area contributed by atoms with Crippen molar-refractivity contribution in [2.45, 2.75) is 36.3 Å². The van der Waals surface area contributed by atoms with Crippen molar-refractivity contribution in [1.29, 1.82) is 0 Å². The largest absolute Gasteiger partial charge is 0.395 e. The molecule has 1 nitrogen and oxygen atoms in total. The zero-order valence-electron chi connectivity index (χ0n) is 11.9. The molecular weight excluding hydrogens is 296 g/mol. The average molecular weight is 314 g/mol. The number of rotatable bonds is 4. The van der Waals surface area contributed by atoms with E-state index in [2.05, 4.69) is 42.2 Å². The van der Waals surface area contributed by atoms with Gasteiger partial charge in [-0.25, -0.2) is 0 Å². The van der Waals surface area contributed by atoms with Crippen LogP contribution in [0.1, 0.15) is 33.7 Å². The van der Waals surface area contributed by atoms with Crippen LogP contribution in [-0.4, -0.2) is 11.7 Å². The maximum atomic E-state index is 8.72. The lowest BCUT2D eigenvalue weighted by Crippen LogP contribution is -1.83. The number of hydrogen-bond acceptors (Lipinski definition) is 3. The summed E-state index contributed by atoms with van der Waals surface area (Å²) in [5.74, 6) is 7.07. The molecule has 2 aromatic rings. The summed E-state index contributed by atoms with van der Waals surface area (Å²) in [6.45, 7) is 0.138. The molecule has 0 amide bonds. The summed E-state index contributed by atoms with van der Waals surface area (Å²) in [6.07, 6.45) is 4.36. The van der Waals surface area contributed by atoms with Gasteiger partial charge in [0.05, 0.1) is 11.5 Å². The van der Waals surface area contributed by atoms with Gasteiger partial charge in [-0.2, -0.15) is 0 Å². The van der Waals surface area contributed by atoms with Gasteiger partial charge in [0.1, 0.15) is 0 Å². The Morgan fingerprint density at radius 2 is 2.05 bits per heavy atom. The molecule has 1 aliphatic rings. The summed E-state index contributed by atoms with van der Waals surface area (Å²) < 4.78 is 0. The molecule has 3 rings (SSSR count). The van der Waals surface area contributed by atoms with Gasteiger partial charge in [-0.15, -0.1) is 23.1 Å². The van der Waals surface area contributed by atoms with Gasteiger partial charge >= 0.3 is 0 Å². The minimum absolute atomic E-state index is 0.138. The number of aliphatic hydroxyl groups is 1. The van der Waals surface area contributed by atoms with Crippen LogP contribution in [0.4, 0.5) is 0 Å². The maximum absolute atomic E-state index is 8.72. The van der Waals surface area contributed by atoms with Crippen molar-refractivity contribution < 1.29 is 5.11 Å². The molecule has 1 aromatic carbocycles. The molecule has 0 unspecified atom stereocenters. The van der Waals surface area contributed by atoms with Crippen molar-refractivity contribution in [3.63, 3.8) is 0 Å². The Balaban J connectivity index is 1.59. The van der Waals surface area contributed by atoms with Crippen molar-refractivity contribution >= 4 is 23.1 Å². The monoisotopic (exact) mass is 314 g/mol. The van der Waals surface area contributed by atoms with Crippen molar-refractivity contribution in [2.24, 2.45) is 0 Å². The van der Waals surface area contributed by atoms with E-state index in [0.29, 0.717) is 6.42 Å². The van der Waals surface area contributed by atoms with E-state index in [9.17, 15) is 0 Å². The Morgan fingerprint density at radius 3 is 2.95 bits per heavy atom. The second-order valence-electron chi connectivity index (χ2n) is 5.11. The Labute approximate surface area is 134 Å². The standard InChI is InChI=1S/C18H18OS2/c19-11-2-1-6-16-9-10-18(21-16)13-20-17-8-7-14-4-3-5-15(14)12-17/h7-10,12,19H,2-5,11,13H2. The highest BCUT2D eigenvalue weighted by Crippen LogP contribution is 2.30. The number of thiophene rings is 1. The molecule has 21 heavy (non-hydrogen) atoms. The van der Waals surface area contributed by atoms with Gasteiger partial charge in [-0.1, -0.05) is 17.9 Å². The molecule has 108 valence electrons. The van der Waals surface area contributed by atoms with Crippen molar-refractivity contribution in [3.05, 3.63) is 51.2 Å². The molecule has 0 bridgehead atoms. The average Bonchev–Trinajstić information content (AvgIpc) is 3.13. The summed E-state index contributed by atoms with van der Waals surface area (Å²) in [5, 5.41) is 8.72. The van der Waals surface area contributed by atoms with Gasteiger partial charge in [0.15, 0.2) is 0 Å². The number of benzene rings is 1.